The van der Waals surface area contributed by atoms with Crippen LogP contribution in [0.2, 0.25) is 0 Å². The summed E-state index contributed by atoms with van der Waals surface area (Å²) in [5.74, 6) is -0.607. The zero-order chi connectivity index (χ0) is 33.8. The minimum absolute atomic E-state index is 0.338. The van der Waals surface area contributed by atoms with Crippen LogP contribution in [0.5, 0.6) is 11.5 Å². The predicted molar refractivity (Wildman–Crippen MR) is 188 cm³/mol. The maximum Gasteiger partial charge on any atom is 0.266 e. The van der Waals surface area contributed by atoms with E-state index in [4.69, 9.17) is 10.5 Å². The first-order valence-corrected chi connectivity index (χ1v) is 15.6. The van der Waals surface area contributed by atoms with Gasteiger partial charge in [0.15, 0.2) is 0 Å². The summed E-state index contributed by atoms with van der Waals surface area (Å²) in [7, 11) is 0. The molecule has 2 N–H and O–H groups in total. The summed E-state index contributed by atoms with van der Waals surface area (Å²) >= 11 is 0. The molecule has 0 saturated carbocycles. The third-order valence-corrected chi connectivity index (χ3v) is 8.83. The third kappa shape index (κ3) is 5.12. The Labute approximate surface area is 281 Å². The van der Waals surface area contributed by atoms with Crippen LogP contribution in [0.25, 0.3) is 22.3 Å². The van der Waals surface area contributed by atoms with Gasteiger partial charge < -0.3 is 10.5 Å². The van der Waals surface area contributed by atoms with Gasteiger partial charge in [-0.05, 0) is 114 Å². The van der Waals surface area contributed by atoms with Crippen molar-refractivity contribution in [3.63, 3.8) is 0 Å². The van der Waals surface area contributed by atoms with Crippen molar-refractivity contribution in [3.8, 4) is 33.8 Å². The Morgan fingerprint density at radius 1 is 0.429 bits per heavy atom. The second-order valence-electron chi connectivity index (χ2n) is 12.0. The van der Waals surface area contributed by atoms with Gasteiger partial charge in [0, 0.05) is 5.69 Å². The molecule has 0 atom stereocenters. The smallest absolute Gasteiger partial charge is 0.266 e. The topological polar surface area (TPSA) is 110 Å². The summed E-state index contributed by atoms with van der Waals surface area (Å²) in [6, 6.07) is 39.2. The molecule has 49 heavy (non-hydrogen) atoms. The van der Waals surface area contributed by atoms with Gasteiger partial charge in [-0.25, -0.2) is 9.80 Å². The Hall–Kier alpha value is -6.80. The lowest BCUT2D eigenvalue weighted by Crippen LogP contribution is -2.29. The maximum atomic E-state index is 13.4. The molecule has 0 aliphatic carbocycles. The van der Waals surface area contributed by atoms with Crippen LogP contribution in [0.1, 0.15) is 47.0 Å². The highest BCUT2D eigenvalue weighted by Gasteiger charge is 2.38. The van der Waals surface area contributed by atoms with Gasteiger partial charge >= 0.3 is 0 Å². The first-order valence-electron chi connectivity index (χ1n) is 15.6. The van der Waals surface area contributed by atoms with E-state index in [-0.39, 0.29) is 11.8 Å². The number of fused-ring (bicyclic) bond motifs is 2. The predicted octanol–water partition coefficient (Wildman–Crippen LogP) is 8.30. The maximum absolute atomic E-state index is 13.4. The molecule has 4 amide bonds. The third-order valence-electron chi connectivity index (χ3n) is 8.83. The Balaban J connectivity index is 0.961. The lowest BCUT2D eigenvalue weighted by atomic mass is 9.99. The number of ether oxygens (including phenoxy) is 1. The summed E-state index contributed by atoms with van der Waals surface area (Å²) in [6.07, 6.45) is 0. The van der Waals surface area contributed by atoms with Crippen molar-refractivity contribution >= 4 is 40.7 Å². The highest BCUT2D eigenvalue weighted by molar-refractivity contribution is 6.35. The number of nitrogens with two attached hydrogens (primary N) is 1. The van der Waals surface area contributed by atoms with Crippen molar-refractivity contribution in [2.75, 3.05) is 15.5 Å². The molecule has 8 heteroatoms. The van der Waals surface area contributed by atoms with Crippen LogP contribution in [-0.4, -0.2) is 23.6 Å². The SMILES string of the molecule is Cc1ccc(-c2ccc3c(c2)C(=O)N(c2ccc(Oc4ccc(N5C(=O)c6ccc(-c7ccc(N)cc7)cc6C5=O)cc4)cc2)C3=O)cc1. The van der Waals surface area contributed by atoms with Crippen LogP contribution in [0.3, 0.4) is 0 Å². The van der Waals surface area contributed by atoms with Crippen molar-refractivity contribution in [1.29, 1.82) is 0 Å². The minimum Gasteiger partial charge on any atom is -0.457 e. The lowest BCUT2D eigenvalue weighted by Gasteiger charge is -2.16. The summed E-state index contributed by atoms with van der Waals surface area (Å²) in [5.41, 5.74) is 13.4. The summed E-state index contributed by atoms with van der Waals surface area (Å²) in [5, 5.41) is 0. The van der Waals surface area contributed by atoms with Gasteiger partial charge in [0.25, 0.3) is 23.6 Å². The fraction of sp³-hybridized carbons (Fsp3) is 0.0244. The molecule has 8 nitrogen and oxygen atoms in total. The van der Waals surface area contributed by atoms with E-state index in [1.165, 1.54) is 4.90 Å². The van der Waals surface area contributed by atoms with E-state index in [0.717, 1.165) is 32.7 Å². The monoisotopic (exact) mass is 641 g/mol. The van der Waals surface area contributed by atoms with Crippen molar-refractivity contribution in [1.82, 2.24) is 0 Å². The standard InChI is InChI=1S/C41H27N3O5/c1-24-2-4-25(5-3-24)27-8-20-34-36(22-27)40(47)43(38(34)45)30-12-16-32(17-13-30)49-33-18-14-31(15-19-33)44-39(46)35-21-9-28(23-37(35)41(44)48)26-6-10-29(42)11-7-26/h2-23H,42H2,1H3. The Kier molecular flexibility index (Phi) is 6.93. The van der Waals surface area contributed by atoms with E-state index in [2.05, 4.69) is 0 Å². The number of anilines is 3. The van der Waals surface area contributed by atoms with Gasteiger partial charge in [-0.15, -0.1) is 0 Å². The summed E-state index contributed by atoms with van der Waals surface area (Å²) in [4.78, 5) is 55.6. The quantitative estimate of drug-likeness (QED) is 0.145. The molecule has 6 aromatic carbocycles. The first kappa shape index (κ1) is 29.6. The van der Waals surface area contributed by atoms with Crippen LogP contribution >= 0.6 is 0 Å². The number of aryl methyl sites for hydroxylation is 1. The molecule has 0 fully saturated rings. The van der Waals surface area contributed by atoms with Gasteiger partial charge in [0.05, 0.1) is 33.6 Å². The molecule has 0 spiro atoms. The van der Waals surface area contributed by atoms with E-state index in [9.17, 15) is 19.2 Å². The van der Waals surface area contributed by atoms with E-state index in [1.807, 2.05) is 55.5 Å². The molecule has 2 heterocycles. The van der Waals surface area contributed by atoms with E-state index >= 15 is 0 Å². The molecule has 6 aromatic rings. The molecule has 0 radical (unpaired) electrons. The zero-order valence-corrected chi connectivity index (χ0v) is 26.2. The largest absolute Gasteiger partial charge is 0.457 e. The second kappa shape index (κ2) is 11.5. The van der Waals surface area contributed by atoms with Gasteiger partial charge in [-0.2, -0.15) is 0 Å². The average Bonchev–Trinajstić information content (AvgIpc) is 3.52. The first-order chi connectivity index (χ1) is 23.7. The highest BCUT2D eigenvalue weighted by Crippen LogP contribution is 2.35. The average molecular weight is 642 g/mol. The normalized spacial score (nSPS) is 13.6. The molecule has 0 bridgehead atoms. The van der Waals surface area contributed by atoms with Crippen LogP contribution in [0.4, 0.5) is 17.1 Å². The van der Waals surface area contributed by atoms with Crippen molar-refractivity contribution in [3.05, 3.63) is 161 Å². The molecule has 0 saturated heterocycles. The fourth-order valence-corrected chi connectivity index (χ4v) is 6.19. The van der Waals surface area contributed by atoms with Crippen molar-refractivity contribution < 1.29 is 23.9 Å². The number of imide groups is 2. The number of hydrogen-bond donors (Lipinski definition) is 1. The van der Waals surface area contributed by atoms with Gasteiger partial charge in [-0.1, -0.05) is 54.1 Å². The van der Waals surface area contributed by atoms with Gasteiger partial charge in [-0.3, -0.25) is 19.2 Å². The van der Waals surface area contributed by atoms with E-state index in [0.29, 0.717) is 50.8 Å². The second-order valence-corrected chi connectivity index (χ2v) is 12.0. The number of rotatable bonds is 6. The number of nitrogen functional groups attached to an aromatic ring is 1. The van der Waals surface area contributed by atoms with Crippen LogP contribution in [0.15, 0.2) is 133 Å². The molecule has 236 valence electrons. The molecule has 2 aliphatic rings. The zero-order valence-electron chi connectivity index (χ0n) is 26.2. The van der Waals surface area contributed by atoms with E-state index < -0.39 is 11.8 Å². The number of amides is 4. The summed E-state index contributed by atoms with van der Waals surface area (Å²) in [6.45, 7) is 2.01. The highest BCUT2D eigenvalue weighted by atomic mass is 16.5. The molecule has 2 aliphatic heterocycles. The molecular formula is C41H27N3O5. The molecule has 8 rings (SSSR count). The molecule has 0 aromatic heterocycles. The lowest BCUT2D eigenvalue weighted by molar-refractivity contribution is 0.0910. The minimum atomic E-state index is -0.402. The Bertz CT molecular complexity index is 2160. The van der Waals surface area contributed by atoms with Crippen LogP contribution in [-0.2, 0) is 0 Å². The molecule has 0 unspecified atom stereocenters. The van der Waals surface area contributed by atoms with Crippen molar-refractivity contribution in [2.45, 2.75) is 6.92 Å². The van der Waals surface area contributed by atoms with Gasteiger partial charge in [0.2, 0.25) is 0 Å². The number of benzene rings is 6. The van der Waals surface area contributed by atoms with Crippen LogP contribution < -0.4 is 20.3 Å². The number of nitrogens with zero attached hydrogens (tertiary/aromatic N) is 2. The summed E-state index contributed by atoms with van der Waals surface area (Å²) < 4.78 is 6.01. The number of hydrogen-bond acceptors (Lipinski definition) is 6. The fourth-order valence-electron chi connectivity index (χ4n) is 6.19. The number of carbonyl (C=O) groups is 4. The van der Waals surface area contributed by atoms with Crippen LogP contribution in [0, 0.1) is 6.92 Å². The number of carbonyl (C=O) groups excluding carboxylic acids is 4. The van der Waals surface area contributed by atoms with E-state index in [1.54, 1.807) is 84.9 Å². The van der Waals surface area contributed by atoms with Crippen molar-refractivity contribution in [2.24, 2.45) is 0 Å². The Morgan fingerprint density at radius 2 is 0.796 bits per heavy atom. The molecular weight excluding hydrogens is 614 g/mol. The van der Waals surface area contributed by atoms with Gasteiger partial charge in [0.1, 0.15) is 11.5 Å². The Morgan fingerprint density at radius 3 is 1.22 bits per heavy atom.